The summed E-state index contributed by atoms with van der Waals surface area (Å²) < 4.78 is 0. The van der Waals surface area contributed by atoms with Gasteiger partial charge in [-0.3, -0.25) is 4.79 Å². The van der Waals surface area contributed by atoms with Crippen LogP contribution in [0.15, 0.2) is 30.5 Å². The maximum atomic E-state index is 12.4. The largest absolute Gasteiger partial charge is 0.396 e. The van der Waals surface area contributed by atoms with Crippen molar-refractivity contribution < 1.29 is 9.90 Å². The molecule has 0 fully saturated rings. The highest BCUT2D eigenvalue weighted by molar-refractivity contribution is 6.05. The minimum Gasteiger partial charge on any atom is -0.396 e. The van der Waals surface area contributed by atoms with Crippen LogP contribution in [0.3, 0.4) is 0 Å². The monoisotopic (exact) mass is 260 g/mol. The third-order valence-corrected chi connectivity index (χ3v) is 3.69. The number of aromatic amines is 1. The number of fused-ring (bicyclic) bond motifs is 1. The highest BCUT2D eigenvalue weighted by Gasteiger charge is 2.25. The number of benzene rings is 1. The van der Waals surface area contributed by atoms with Crippen molar-refractivity contribution >= 4 is 16.8 Å². The SMILES string of the molecule is CC[C@](C)(CCO)NC(=O)c1cccc2cc[nH]c12. The van der Waals surface area contributed by atoms with Crippen molar-refractivity contribution in [3.8, 4) is 0 Å². The Morgan fingerprint density at radius 3 is 2.89 bits per heavy atom. The van der Waals surface area contributed by atoms with Gasteiger partial charge in [0.1, 0.15) is 0 Å². The normalized spacial score (nSPS) is 14.3. The molecule has 0 aliphatic rings. The first-order valence-electron chi connectivity index (χ1n) is 6.59. The van der Waals surface area contributed by atoms with Gasteiger partial charge >= 0.3 is 0 Å². The minimum atomic E-state index is -0.374. The molecule has 0 aliphatic heterocycles. The van der Waals surface area contributed by atoms with Gasteiger partial charge in [-0.25, -0.2) is 0 Å². The lowest BCUT2D eigenvalue weighted by atomic mass is 9.94. The predicted molar refractivity (Wildman–Crippen MR) is 76.2 cm³/mol. The zero-order valence-corrected chi connectivity index (χ0v) is 11.4. The van der Waals surface area contributed by atoms with E-state index in [9.17, 15) is 4.79 Å². The standard InChI is InChI=1S/C15H20N2O2/c1-3-15(2,8-10-18)17-14(19)12-6-4-5-11-7-9-16-13(11)12/h4-7,9,16,18H,3,8,10H2,1-2H3,(H,17,19)/t15-/m1/s1. The Labute approximate surface area is 112 Å². The Morgan fingerprint density at radius 1 is 1.42 bits per heavy atom. The molecule has 0 bridgehead atoms. The number of H-pyrrole nitrogens is 1. The van der Waals surface area contributed by atoms with Crippen molar-refractivity contribution in [3.05, 3.63) is 36.0 Å². The lowest BCUT2D eigenvalue weighted by molar-refractivity contribution is 0.0887. The van der Waals surface area contributed by atoms with Gasteiger partial charge in [0.15, 0.2) is 0 Å². The molecule has 4 heteroatoms. The molecule has 1 aromatic heterocycles. The molecule has 4 nitrogen and oxygen atoms in total. The van der Waals surface area contributed by atoms with Crippen LogP contribution < -0.4 is 5.32 Å². The molecule has 1 aromatic carbocycles. The highest BCUT2D eigenvalue weighted by Crippen LogP contribution is 2.19. The van der Waals surface area contributed by atoms with Crippen LogP contribution in [0.4, 0.5) is 0 Å². The smallest absolute Gasteiger partial charge is 0.253 e. The summed E-state index contributed by atoms with van der Waals surface area (Å²) >= 11 is 0. The second kappa shape index (κ2) is 5.45. The van der Waals surface area contributed by atoms with Crippen LogP contribution in [0.5, 0.6) is 0 Å². The van der Waals surface area contributed by atoms with Gasteiger partial charge in [0.2, 0.25) is 0 Å². The fraction of sp³-hybridized carbons (Fsp3) is 0.400. The van der Waals surface area contributed by atoms with E-state index < -0.39 is 0 Å². The molecule has 102 valence electrons. The Balaban J connectivity index is 2.27. The third-order valence-electron chi connectivity index (χ3n) is 3.69. The van der Waals surface area contributed by atoms with Crippen molar-refractivity contribution in [1.29, 1.82) is 0 Å². The van der Waals surface area contributed by atoms with E-state index in [0.29, 0.717) is 12.0 Å². The number of carbonyl (C=O) groups is 1. The van der Waals surface area contributed by atoms with E-state index in [0.717, 1.165) is 17.3 Å². The molecule has 2 rings (SSSR count). The number of rotatable bonds is 5. The van der Waals surface area contributed by atoms with Crippen LogP contribution in [0, 0.1) is 0 Å². The summed E-state index contributed by atoms with van der Waals surface area (Å²) in [6.45, 7) is 4.03. The first-order valence-corrected chi connectivity index (χ1v) is 6.59. The third kappa shape index (κ3) is 2.79. The Hall–Kier alpha value is -1.81. The van der Waals surface area contributed by atoms with Gasteiger partial charge < -0.3 is 15.4 Å². The number of aliphatic hydroxyl groups is 1. The van der Waals surface area contributed by atoms with E-state index in [2.05, 4.69) is 10.3 Å². The average Bonchev–Trinajstić information content (AvgIpc) is 2.86. The van der Waals surface area contributed by atoms with Gasteiger partial charge in [-0.05, 0) is 31.9 Å². The molecular weight excluding hydrogens is 240 g/mol. The van der Waals surface area contributed by atoms with Crippen LogP contribution in [-0.4, -0.2) is 28.1 Å². The van der Waals surface area contributed by atoms with Gasteiger partial charge in [0.25, 0.3) is 5.91 Å². The van der Waals surface area contributed by atoms with E-state index in [1.165, 1.54) is 0 Å². The zero-order chi connectivity index (χ0) is 13.9. The average molecular weight is 260 g/mol. The van der Waals surface area contributed by atoms with Gasteiger partial charge in [-0.15, -0.1) is 0 Å². The number of hydrogen-bond donors (Lipinski definition) is 3. The summed E-state index contributed by atoms with van der Waals surface area (Å²) in [5.74, 6) is -0.106. The lowest BCUT2D eigenvalue weighted by Crippen LogP contribution is -2.46. The predicted octanol–water partition coefficient (Wildman–Crippen LogP) is 2.45. The first-order chi connectivity index (χ1) is 9.09. The van der Waals surface area contributed by atoms with Crippen molar-refractivity contribution in [2.45, 2.75) is 32.2 Å². The number of nitrogens with one attached hydrogen (secondary N) is 2. The number of hydrogen-bond acceptors (Lipinski definition) is 2. The molecule has 0 unspecified atom stereocenters. The fourth-order valence-electron chi connectivity index (χ4n) is 2.19. The molecule has 0 radical (unpaired) electrons. The van der Waals surface area contributed by atoms with Crippen molar-refractivity contribution in [1.82, 2.24) is 10.3 Å². The minimum absolute atomic E-state index is 0.0668. The summed E-state index contributed by atoms with van der Waals surface area (Å²) in [5.41, 5.74) is 1.11. The van der Waals surface area contributed by atoms with E-state index in [1.54, 1.807) is 0 Å². The molecule has 0 saturated carbocycles. The van der Waals surface area contributed by atoms with Gasteiger partial charge in [0, 0.05) is 23.7 Å². The van der Waals surface area contributed by atoms with Gasteiger partial charge in [-0.2, -0.15) is 0 Å². The zero-order valence-electron chi connectivity index (χ0n) is 11.4. The molecule has 1 atom stereocenters. The number of aromatic nitrogens is 1. The second-order valence-corrected chi connectivity index (χ2v) is 5.09. The highest BCUT2D eigenvalue weighted by atomic mass is 16.3. The van der Waals surface area contributed by atoms with Crippen LogP contribution in [0.2, 0.25) is 0 Å². The molecule has 0 saturated heterocycles. The number of aliphatic hydroxyl groups excluding tert-OH is 1. The molecule has 0 spiro atoms. The molecular formula is C15H20N2O2. The second-order valence-electron chi connectivity index (χ2n) is 5.09. The lowest BCUT2D eigenvalue weighted by Gasteiger charge is -2.29. The van der Waals surface area contributed by atoms with E-state index in [-0.39, 0.29) is 18.1 Å². The van der Waals surface area contributed by atoms with Gasteiger partial charge in [-0.1, -0.05) is 19.1 Å². The van der Waals surface area contributed by atoms with Crippen molar-refractivity contribution in [3.63, 3.8) is 0 Å². The van der Waals surface area contributed by atoms with Crippen molar-refractivity contribution in [2.24, 2.45) is 0 Å². The molecule has 0 aliphatic carbocycles. The molecule has 3 N–H and O–H groups in total. The number of carbonyl (C=O) groups excluding carboxylic acids is 1. The molecule has 2 aromatic rings. The Morgan fingerprint density at radius 2 is 2.21 bits per heavy atom. The Bertz CT molecular complexity index is 576. The number of para-hydroxylation sites is 1. The van der Waals surface area contributed by atoms with Gasteiger partial charge in [0.05, 0.1) is 11.1 Å². The Kier molecular flexibility index (Phi) is 3.90. The van der Waals surface area contributed by atoms with Crippen LogP contribution in [-0.2, 0) is 0 Å². The quantitative estimate of drug-likeness (QED) is 0.773. The van der Waals surface area contributed by atoms with E-state index in [1.807, 2.05) is 44.3 Å². The fourth-order valence-corrected chi connectivity index (χ4v) is 2.19. The number of amides is 1. The van der Waals surface area contributed by atoms with Crippen LogP contribution in [0.1, 0.15) is 37.0 Å². The van der Waals surface area contributed by atoms with E-state index >= 15 is 0 Å². The van der Waals surface area contributed by atoms with E-state index in [4.69, 9.17) is 5.11 Å². The van der Waals surface area contributed by atoms with Crippen LogP contribution >= 0.6 is 0 Å². The summed E-state index contributed by atoms with van der Waals surface area (Å²) in [7, 11) is 0. The topological polar surface area (TPSA) is 65.1 Å². The first kappa shape index (κ1) is 13.6. The molecule has 1 heterocycles. The maximum absolute atomic E-state index is 12.4. The summed E-state index contributed by atoms with van der Waals surface area (Å²) in [4.78, 5) is 15.5. The molecule has 19 heavy (non-hydrogen) atoms. The molecule has 1 amide bonds. The summed E-state index contributed by atoms with van der Waals surface area (Å²) in [5, 5.41) is 13.1. The van der Waals surface area contributed by atoms with Crippen molar-refractivity contribution in [2.75, 3.05) is 6.61 Å². The van der Waals surface area contributed by atoms with Crippen LogP contribution in [0.25, 0.3) is 10.9 Å². The summed E-state index contributed by atoms with van der Waals surface area (Å²) in [6, 6.07) is 7.60. The summed E-state index contributed by atoms with van der Waals surface area (Å²) in [6.07, 6.45) is 3.16. The maximum Gasteiger partial charge on any atom is 0.253 e.